The molecule has 1 aliphatic heterocycles. The largest absolute Gasteiger partial charge is 0.238 e. The Morgan fingerprint density at radius 3 is 1.96 bits per heavy atom. The first-order valence-corrected chi connectivity index (χ1v) is 10.9. The van der Waals surface area contributed by atoms with Gasteiger partial charge >= 0.3 is 0 Å². The van der Waals surface area contributed by atoms with E-state index in [1.165, 1.54) is 10.4 Å². The van der Waals surface area contributed by atoms with Crippen molar-refractivity contribution in [2.45, 2.75) is 4.87 Å². The van der Waals surface area contributed by atoms with Crippen LogP contribution in [-0.4, -0.2) is 5.04 Å². The van der Waals surface area contributed by atoms with Crippen molar-refractivity contribution in [2.75, 3.05) is 5.01 Å². The smallest absolute Gasteiger partial charge is 0.174 e. The van der Waals surface area contributed by atoms with Gasteiger partial charge < -0.3 is 0 Å². The molecule has 1 aliphatic rings. The second kappa shape index (κ2) is 7.30. The maximum atomic E-state index is 5.13. The molecule has 0 amide bonds. The van der Waals surface area contributed by atoms with Gasteiger partial charge in [-0.15, -0.1) is 11.3 Å². The summed E-state index contributed by atoms with van der Waals surface area (Å²) in [7, 11) is 0. The number of hydrogen-bond donors (Lipinski definition) is 0. The fourth-order valence-corrected chi connectivity index (χ4v) is 5.89. The summed E-state index contributed by atoms with van der Waals surface area (Å²) in [4.78, 5) is 0.837. The molecule has 5 rings (SSSR count). The fourth-order valence-electron chi connectivity index (χ4n) is 3.48. The van der Waals surface area contributed by atoms with Gasteiger partial charge in [0, 0.05) is 10.4 Å². The lowest BCUT2D eigenvalue weighted by Gasteiger charge is -2.36. The number of benzene rings is 3. The fraction of sp³-hybridized carbons (Fsp3) is 0.0417. The van der Waals surface area contributed by atoms with Crippen molar-refractivity contribution in [3.63, 3.8) is 0 Å². The number of hydrogen-bond acceptors (Lipinski definition) is 4. The van der Waals surface area contributed by atoms with E-state index in [1.807, 2.05) is 23.9 Å². The molecule has 0 bridgehead atoms. The average molecular weight is 399 g/mol. The lowest BCUT2D eigenvalue weighted by molar-refractivity contribution is 0.706. The standard InChI is InChI=1S/C24H18N2S2/c1-4-11-19(12-5-1)23-25-26(21-15-8-3-9-16-21)24(28-23,22-17-10-18-27-22)20-13-6-2-7-14-20/h1-18H. The van der Waals surface area contributed by atoms with E-state index in [4.69, 9.17) is 5.10 Å². The SMILES string of the molecule is c1ccc(C2=NN(c3ccccc3)C(c3ccccc3)(c3cccs3)S2)cc1. The first kappa shape index (κ1) is 17.3. The Hall–Kier alpha value is -2.82. The first-order valence-electron chi connectivity index (χ1n) is 9.16. The van der Waals surface area contributed by atoms with E-state index < -0.39 is 4.87 Å². The normalized spacial score (nSPS) is 18.9. The highest BCUT2D eigenvalue weighted by molar-refractivity contribution is 8.15. The van der Waals surface area contributed by atoms with Crippen molar-refractivity contribution in [1.82, 2.24) is 0 Å². The number of thioether (sulfide) groups is 1. The molecule has 136 valence electrons. The van der Waals surface area contributed by atoms with Crippen molar-refractivity contribution in [1.29, 1.82) is 0 Å². The number of rotatable bonds is 4. The molecule has 0 fully saturated rings. The van der Waals surface area contributed by atoms with Crippen LogP contribution >= 0.6 is 23.1 Å². The molecule has 1 unspecified atom stereocenters. The van der Waals surface area contributed by atoms with Crippen LogP contribution < -0.4 is 5.01 Å². The van der Waals surface area contributed by atoms with Crippen LogP contribution in [0.1, 0.15) is 16.0 Å². The Balaban J connectivity index is 1.75. The molecule has 0 N–H and O–H groups in total. The maximum absolute atomic E-state index is 5.13. The van der Waals surface area contributed by atoms with Crippen LogP contribution in [0.5, 0.6) is 0 Å². The summed E-state index contributed by atoms with van der Waals surface area (Å²) in [6.45, 7) is 0. The van der Waals surface area contributed by atoms with Gasteiger partial charge in [0.2, 0.25) is 0 Å². The monoisotopic (exact) mass is 398 g/mol. The molecule has 3 aromatic carbocycles. The summed E-state index contributed by atoms with van der Waals surface area (Å²) in [5.41, 5.74) is 3.45. The number of para-hydroxylation sites is 1. The van der Waals surface area contributed by atoms with E-state index in [0.29, 0.717) is 0 Å². The molecule has 0 saturated carbocycles. The predicted molar refractivity (Wildman–Crippen MR) is 121 cm³/mol. The minimum Gasteiger partial charge on any atom is -0.238 e. The second-order valence-electron chi connectivity index (χ2n) is 6.51. The third-order valence-electron chi connectivity index (χ3n) is 4.78. The van der Waals surface area contributed by atoms with Crippen LogP contribution in [0.4, 0.5) is 5.69 Å². The van der Waals surface area contributed by atoms with Crippen molar-refractivity contribution in [3.05, 3.63) is 125 Å². The molecule has 0 aliphatic carbocycles. The summed E-state index contributed by atoms with van der Waals surface area (Å²) < 4.78 is 0. The van der Waals surface area contributed by atoms with Crippen LogP contribution in [0.2, 0.25) is 0 Å². The molecule has 0 saturated heterocycles. The summed E-state index contributed by atoms with van der Waals surface area (Å²) in [5, 5.41) is 10.5. The summed E-state index contributed by atoms with van der Waals surface area (Å²) >= 11 is 3.58. The summed E-state index contributed by atoms with van der Waals surface area (Å²) in [6.07, 6.45) is 0. The Morgan fingerprint density at radius 2 is 1.32 bits per heavy atom. The molecule has 2 nitrogen and oxygen atoms in total. The minimum absolute atomic E-state index is 0.429. The zero-order valence-electron chi connectivity index (χ0n) is 15.1. The topological polar surface area (TPSA) is 15.6 Å². The Bertz CT molecular complexity index is 1080. The average Bonchev–Trinajstić information content (AvgIpc) is 3.45. The number of nitrogens with zero attached hydrogens (tertiary/aromatic N) is 2. The van der Waals surface area contributed by atoms with Crippen molar-refractivity contribution in [3.8, 4) is 0 Å². The molecule has 1 aromatic heterocycles. The zero-order chi connectivity index (χ0) is 18.8. The third-order valence-corrected chi connectivity index (χ3v) is 7.32. The number of anilines is 1. The summed E-state index contributed by atoms with van der Waals surface area (Å²) in [5.74, 6) is 0. The van der Waals surface area contributed by atoms with Crippen LogP contribution in [-0.2, 0) is 4.87 Å². The van der Waals surface area contributed by atoms with E-state index in [9.17, 15) is 0 Å². The van der Waals surface area contributed by atoms with Gasteiger partial charge in [0.05, 0.1) is 5.69 Å². The van der Waals surface area contributed by atoms with Crippen LogP contribution in [0.15, 0.2) is 114 Å². The Kier molecular flexibility index (Phi) is 4.51. The third kappa shape index (κ3) is 2.86. The first-order chi connectivity index (χ1) is 13.9. The molecule has 4 aromatic rings. The molecular weight excluding hydrogens is 380 g/mol. The van der Waals surface area contributed by atoms with Crippen LogP contribution in [0, 0.1) is 0 Å². The molecule has 0 spiro atoms. The van der Waals surface area contributed by atoms with Crippen molar-refractivity contribution in [2.24, 2.45) is 5.10 Å². The highest BCUT2D eigenvalue weighted by atomic mass is 32.2. The molecular formula is C24H18N2S2. The number of hydrazone groups is 1. The predicted octanol–water partition coefficient (Wildman–Crippen LogP) is 6.56. The van der Waals surface area contributed by atoms with Gasteiger partial charge in [-0.2, -0.15) is 5.10 Å². The van der Waals surface area contributed by atoms with E-state index in [2.05, 4.69) is 101 Å². The van der Waals surface area contributed by atoms with E-state index in [1.54, 1.807) is 11.3 Å². The summed E-state index contributed by atoms with van der Waals surface area (Å²) in [6, 6.07) is 35.9. The second-order valence-corrected chi connectivity index (χ2v) is 8.64. The van der Waals surface area contributed by atoms with E-state index in [-0.39, 0.29) is 0 Å². The maximum Gasteiger partial charge on any atom is 0.174 e. The lowest BCUT2D eigenvalue weighted by atomic mass is 10.0. The lowest BCUT2D eigenvalue weighted by Crippen LogP contribution is -2.37. The molecule has 1 atom stereocenters. The molecule has 4 heteroatoms. The van der Waals surface area contributed by atoms with E-state index in [0.717, 1.165) is 16.3 Å². The van der Waals surface area contributed by atoms with Gasteiger partial charge in [-0.05, 0) is 29.1 Å². The van der Waals surface area contributed by atoms with Gasteiger partial charge in [0.25, 0.3) is 0 Å². The molecule has 28 heavy (non-hydrogen) atoms. The highest BCUT2D eigenvalue weighted by Gasteiger charge is 2.48. The van der Waals surface area contributed by atoms with Gasteiger partial charge in [-0.25, -0.2) is 5.01 Å². The highest BCUT2D eigenvalue weighted by Crippen LogP contribution is 2.54. The van der Waals surface area contributed by atoms with Crippen LogP contribution in [0.25, 0.3) is 0 Å². The van der Waals surface area contributed by atoms with E-state index >= 15 is 0 Å². The minimum atomic E-state index is -0.429. The molecule has 0 radical (unpaired) electrons. The van der Waals surface area contributed by atoms with Gasteiger partial charge in [0.1, 0.15) is 5.04 Å². The Morgan fingerprint density at radius 1 is 0.679 bits per heavy atom. The van der Waals surface area contributed by atoms with Crippen molar-refractivity contribution >= 4 is 33.8 Å². The number of thiophene rings is 1. The van der Waals surface area contributed by atoms with Crippen LogP contribution in [0.3, 0.4) is 0 Å². The van der Waals surface area contributed by atoms with Gasteiger partial charge in [0.15, 0.2) is 4.87 Å². The zero-order valence-corrected chi connectivity index (χ0v) is 16.7. The quantitative estimate of drug-likeness (QED) is 0.387. The molecule has 2 heterocycles. The van der Waals surface area contributed by atoms with Crippen molar-refractivity contribution < 1.29 is 0 Å². The Labute approximate surface area is 173 Å². The van der Waals surface area contributed by atoms with Gasteiger partial charge in [-0.3, -0.25) is 0 Å². The van der Waals surface area contributed by atoms with Gasteiger partial charge in [-0.1, -0.05) is 96.7 Å².